The molecule has 0 N–H and O–H groups in total. The van der Waals surface area contributed by atoms with Gasteiger partial charge < -0.3 is 4.90 Å². The van der Waals surface area contributed by atoms with Gasteiger partial charge in [-0.25, -0.2) is 0 Å². The monoisotopic (exact) mass is 295 g/mol. The van der Waals surface area contributed by atoms with Crippen LogP contribution >= 0.6 is 0 Å². The van der Waals surface area contributed by atoms with Gasteiger partial charge in [-0.3, -0.25) is 0 Å². The Morgan fingerprint density at radius 1 is 0.909 bits per heavy atom. The molecule has 0 saturated carbocycles. The average Bonchev–Trinajstić information content (AvgIpc) is 2.94. The molecule has 1 aliphatic heterocycles. The van der Waals surface area contributed by atoms with Crippen LogP contribution in [0.2, 0.25) is 0 Å². The summed E-state index contributed by atoms with van der Waals surface area (Å²) in [7, 11) is 0. The molecule has 1 heterocycles. The maximum Gasteiger partial charge on any atom is 0.00950 e. The maximum absolute atomic E-state index is 2.77. The molecule has 1 aromatic carbocycles. The van der Waals surface area contributed by atoms with E-state index in [-0.39, 0.29) is 0 Å². The van der Waals surface area contributed by atoms with E-state index in [1.807, 2.05) is 0 Å². The molecular weight excluding hydrogens is 266 g/mol. The van der Waals surface area contributed by atoms with Crippen molar-refractivity contribution in [1.29, 1.82) is 0 Å². The second-order valence-electron chi connectivity index (χ2n) is 7.74. The Morgan fingerprint density at radius 2 is 1.45 bits per heavy atom. The minimum Gasteiger partial charge on any atom is -0.303 e. The fourth-order valence-electron chi connectivity index (χ4n) is 5.55. The molecule has 1 aromatic rings. The smallest absolute Gasteiger partial charge is 0.00950 e. The van der Waals surface area contributed by atoms with Crippen LogP contribution in [-0.4, -0.2) is 24.5 Å². The number of nitrogens with zero attached hydrogens (tertiary/aromatic N) is 1. The molecule has 2 bridgehead atoms. The molecule has 3 aliphatic carbocycles. The number of hydrogen-bond donors (Lipinski definition) is 0. The van der Waals surface area contributed by atoms with Gasteiger partial charge in [0.2, 0.25) is 0 Å². The van der Waals surface area contributed by atoms with Crippen molar-refractivity contribution in [1.82, 2.24) is 4.90 Å². The SMILES string of the molecule is CCCCCN1C[C@@H]2[C@H](C1)[C@@H]1C(C)=C(C)[C@H]2c2ccccc21. The van der Waals surface area contributed by atoms with Crippen LogP contribution in [0.1, 0.15) is 63.0 Å². The van der Waals surface area contributed by atoms with Gasteiger partial charge in [-0.15, -0.1) is 0 Å². The zero-order chi connectivity index (χ0) is 15.3. The summed E-state index contributed by atoms with van der Waals surface area (Å²) in [4.78, 5) is 2.77. The van der Waals surface area contributed by atoms with E-state index in [1.54, 1.807) is 22.3 Å². The van der Waals surface area contributed by atoms with Crippen molar-refractivity contribution in [3.8, 4) is 0 Å². The Kier molecular flexibility index (Phi) is 3.64. The number of benzene rings is 1. The lowest BCUT2D eigenvalue weighted by atomic mass is 9.56. The first kappa shape index (κ1) is 14.5. The van der Waals surface area contributed by atoms with Gasteiger partial charge in [0.25, 0.3) is 0 Å². The van der Waals surface area contributed by atoms with Crippen molar-refractivity contribution in [2.24, 2.45) is 11.8 Å². The summed E-state index contributed by atoms with van der Waals surface area (Å²) in [6.07, 6.45) is 4.09. The molecule has 0 amide bonds. The van der Waals surface area contributed by atoms with E-state index in [2.05, 4.69) is 49.9 Å². The summed E-state index contributed by atoms with van der Waals surface area (Å²) >= 11 is 0. The lowest BCUT2D eigenvalue weighted by molar-refractivity contribution is 0.288. The molecule has 0 unspecified atom stereocenters. The minimum atomic E-state index is 0.697. The van der Waals surface area contributed by atoms with Gasteiger partial charge in [-0.2, -0.15) is 0 Å². The highest BCUT2D eigenvalue weighted by Crippen LogP contribution is 2.59. The van der Waals surface area contributed by atoms with E-state index < -0.39 is 0 Å². The van der Waals surface area contributed by atoms with Crippen molar-refractivity contribution in [2.75, 3.05) is 19.6 Å². The molecule has 1 heteroatoms. The Bertz CT molecular complexity index is 553. The van der Waals surface area contributed by atoms with Crippen molar-refractivity contribution in [3.63, 3.8) is 0 Å². The molecular formula is C21H29N. The summed E-state index contributed by atoms with van der Waals surface area (Å²) in [5.41, 5.74) is 6.65. The molecule has 0 spiro atoms. The van der Waals surface area contributed by atoms with Crippen molar-refractivity contribution < 1.29 is 0 Å². The third-order valence-electron chi connectivity index (χ3n) is 6.64. The molecule has 22 heavy (non-hydrogen) atoms. The number of rotatable bonds is 4. The normalized spacial score (nSPS) is 33.2. The first-order valence-corrected chi connectivity index (χ1v) is 9.20. The molecule has 1 fully saturated rings. The topological polar surface area (TPSA) is 3.24 Å². The third-order valence-corrected chi connectivity index (χ3v) is 6.64. The van der Waals surface area contributed by atoms with Gasteiger partial charge in [-0.05, 0) is 49.8 Å². The van der Waals surface area contributed by atoms with Crippen LogP contribution in [0.15, 0.2) is 35.4 Å². The van der Waals surface area contributed by atoms with E-state index in [4.69, 9.17) is 0 Å². The van der Waals surface area contributed by atoms with Gasteiger partial charge in [-0.1, -0.05) is 55.2 Å². The molecule has 1 nitrogen and oxygen atoms in total. The van der Waals surface area contributed by atoms with Crippen molar-refractivity contribution >= 4 is 0 Å². The average molecular weight is 295 g/mol. The second kappa shape index (κ2) is 5.53. The lowest BCUT2D eigenvalue weighted by Gasteiger charge is -2.48. The van der Waals surface area contributed by atoms with Gasteiger partial charge >= 0.3 is 0 Å². The summed E-state index contributed by atoms with van der Waals surface area (Å²) in [5, 5.41) is 0. The van der Waals surface area contributed by atoms with Gasteiger partial charge in [0.1, 0.15) is 0 Å². The van der Waals surface area contributed by atoms with Crippen LogP contribution in [0.5, 0.6) is 0 Å². The molecule has 0 aromatic heterocycles. The predicted octanol–water partition coefficient (Wildman–Crippen LogP) is 4.96. The summed E-state index contributed by atoms with van der Waals surface area (Å²) in [6, 6.07) is 9.29. The van der Waals surface area contributed by atoms with Gasteiger partial charge in [0.05, 0.1) is 0 Å². The van der Waals surface area contributed by atoms with Crippen LogP contribution in [0.25, 0.3) is 0 Å². The van der Waals surface area contributed by atoms with Crippen LogP contribution in [-0.2, 0) is 0 Å². The first-order chi connectivity index (χ1) is 10.7. The molecule has 1 saturated heterocycles. The highest BCUT2D eigenvalue weighted by atomic mass is 15.2. The minimum absolute atomic E-state index is 0.697. The van der Waals surface area contributed by atoms with E-state index >= 15 is 0 Å². The van der Waals surface area contributed by atoms with Gasteiger partial charge in [0.15, 0.2) is 0 Å². The zero-order valence-corrected chi connectivity index (χ0v) is 14.3. The Hall–Kier alpha value is -1.08. The quantitative estimate of drug-likeness (QED) is 0.561. The molecule has 118 valence electrons. The summed E-state index contributed by atoms with van der Waals surface area (Å²) in [6.45, 7) is 11.1. The highest BCUT2D eigenvalue weighted by Gasteiger charge is 2.51. The van der Waals surface area contributed by atoms with E-state index in [9.17, 15) is 0 Å². The Morgan fingerprint density at radius 3 is 1.95 bits per heavy atom. The van der Waals surface area contributed by atoms with Crippen molar-refractivity contribution in [2.45, 2.75) is 51.9 Å². The number of hydrogen-bond acceptors (Lipinski definition) is 1. The van der Waals surface area contributed by atoms with E-state index in [1.165, 1.54) is 38.9 Å². The molecule has 5 rings (SSSR count). The second-order valence-corrected chi connectivity index (χ2v) is 7.74. The fourth-order valence-corrected chi connectivity index (χ4v) is 5.55. The Balaban J connectivity index is 1.63. The standard InChI is InChI=1S/C21H29N/c1-4-5-8-11-22-12-18-19(13-22)21-15(3)14(2)20(18)16-9-6-7-10-17(16)21/h6-7,9-10,18-21H,4-5,8,11-13H2,1-3H3/t18-,19+,20+,21-. The fraction of sp³-hybridized carbons (Fsp3) is 0.619. The number of likely N-dealkylation sites (tertiary alicyclic amines) is 1. The lowest BCUT2D eigenvalue weighted by Crippen LogP contribution is -2.38. The summed E-state index contributed by atoms with van der Waals surface area (Å²) in [5.74, 6) is 3.13. The number of unbranched alkanes of at least 4 members (excludes halogenated alkanes) is 2. The van der Waals surface area contributed by atoms with Crippen LogP contribution in [0, 0.1) is 11.8 Å². The van der Waals surface area contributed by atoms with Gasteiger partial charge in [0, 0.05) is 24.9 Å². The predicted molar refractivity (Wildman–Crippen MR) is 93.2 cm³/mol. The maximum atomic E-state index is 2.77. The third kappa shape index (κ3) is 2.01. The Labute approximate surface area is 135 Å². The summed E-state index contributed by atoms with van der Waals surface area (Å²) < 4.78 is 0. The molecule has 0 radical (unpaired) electrons. The molecule has 4 atom stereocenters. The van der Waals surface area contributed by atoms with Crippen LogP contribution in [0.4, 0.5) is 0 Å². The van der Waals surface area contributed by atoms with Crippen LogP contribution < -0.4 is 0 Å². The van der Waals surface area contributed by atoms with E-state index in [0.717, 1.165) is 11.8 Å². The van der Waals surface area contributed by atoms with Crippen molar-refractivity contribution in [3.05, 3.63) is 46.5 Å². The first-order valence-electron chi connectivity index (χ1n) is 9.20. The van der Waals surface area contributed by atoms with E-state index in [0.29, 0.717) is 11.8 Å². The molecule has 4 aliphatic rings. The number of allylic oxidation sites excluding steroid dienone is 2. The highest BCUT2D eigenvalue weighted by molar-refractivity contribution is 5.52. The zero-order valence-electron chi connectivity index (χ0n) is 14.3. The van der Waals surface area contributed by atoms with Crippen LogP contribution in [0.3, 0.4) is 0 Å². The largest absolute Gasteiger partial charge is 0.303 e.